The van der Waals surface area contributed by atoms with E-state index in [9.17, 15) is 4.79 Å². The normalized spacial score (nSPS) is 10.3. The highest BCUT2D eigenvalue weighted by Crippen LogP contribution is 2.15. The van der Waals surface area contributed by atoms with Crippen LogP contribution >= 0.6 is 0 Å². The molecule has 0 aliphatic carbocycles. The molecule has 1 amide bonds. The first-order valence-electron chi connectivity index (χ1n) is 6.66. The van der Waals surface area contributed by atoms with Gasteiger partial charge in [-0.05, 0) is 31.2 Å². The standard InChI is InChI=1S/C15H22N2O3/c1-3-9-17(10-11-18)12-15(19)16-13-5-7-14(8-6-13)20-4-2/h3,5-8,18H,1,4,9-12H2,2H3,(H,16,19). The topological polar surface area (TPSA) is 61.8 Å². The number of nitrogens with one attached hydrogen (secondary N) is 1. The fraction of sp³-hybridized carbons (Fsp3) is 0.400. The molecule has 1 aromatic carbocycles. The Morgan fingerprint density at radius 2 is 2.15 bits per heavy atom. The van der Waals surface area contributed by atoms with Crippen molar-refractivity contribution in [3.8, 4) is 5.75 Å². The van der Waals surface area contributed by atoms with Gasteiger partial charge in [0.15, 0.2) is 0 Å². The Balaban J connectivity index is 2.49. The number of aliphatic hydroxyl groups is 1. The van der Waals surface area contributed by atoms with Gasteiger partial charge < -0.3 is 15.2 Å². The van der Waals surface area contributed by atoms with E-state index in [0.717, 1.165) is 11.4 Å². The molecule has 5 heteroatoms. The summed E-state index contributed by atoms with van der Waals surface area (Å²) in [6.45, 7) is 7.42. The summed E-state index contributed by atoms with van der Waals surface area (Å²) in [5.41, 5.74) is 0.723. The summed E-state index contributed by atoms with van der Waals surface area (Å²) in [6.07, 6.45) is 1.71. The summed E-state index contributed by atoms with van der Waals surface area (Å²) in [7, 11) is 0. The van der Waals surface area contributed by atoms with Gasteiger partial charge in [0.05, 0.1) is 19.8 Å². The molecule has 2 N–H and O–H groups in total. The lowest BCUT2D eigenvalue weighted by molar-refractivity contribution is -0.117. The highest BCUT2D eigenvalue weighted by atomic mass is 16.5. The van der Waals surface area contributed by atoms with Crippen LogP contribution in [0.15, 0.2) is 36.9 Å². The van der Waals surface area contributed by atoms with E-state index in [1.807, 2.05) is 24.0 Å². The lowest BCUT2D eigenvalue weighted by atomic mass is 10.3. The molecule has 0 bridgehead atoms. The van der Waals surface area contributed by atoms with Crippen LogP contribution in [0.5, 0.6) is 5.75 Å². The molecule has 0 radical (unpaired) electrons. The zero-order valence-corrected chi connectivity index (χ0v) is 11.8. The molecule has 0 spiro atoms. The fourth-order valence-corrected chi connectivity index (χ4v) is 1.76. The second kappa shape index (κ2) is 9.12. The predicted molar refractivity (Wildman–Crippen MR) is 80.0 cm³/mol. The largest absolute Gasteiger partial charge is 0.494 e. The van der Waals surface area contributed by atoms with Crippen LogP contribution in [0.3, 0.4) is 0 Å². The van der Waals surface area contributed by atoms with Crippen LogP contribution in [0, 0.1) is 0 Å². The van der Waals surface area contributed by atoms with Crippen molar-refractivity contribution in [3.63, 3.8) is 0 Å². The average Bonchev–Trinajstić information content (AvgIpc) is 2.42. The van der Waals surface area contributed by atoms with Crippen molar-refractivity contribution in [3.05, 3.63) is 36.9 Å². The number of benzene rings is 1. The van der Waals surface area contributed by atoms with Gasteiger partial charge in [0.2, 0.25) is 5.91 Å². The van der Waals surface area contributed by atoms with E-state index in [-0.39, 0.29) is 19.1 Å². The number of carbonyl (C=O) groups is 1. The molecule has 0 aliphatic rings. The molecule has 5 nitrogen and oxygen atoms in total. The highest BCUT2D eigenvalue weighted by Gasteiger charge is 2.09. The smallest absolute Gasteiger partial charge is 0.238 e. The number of carbonyl (C=O) groups excluding carboxylic acids is 1. The predicted octanol–water partition coefficient (Wildman–Crippen LogP) is 1.50. The van der Waals surface area contributed by atoms with Crippen molar-refractivity contribution in [1.82, 2.24) is 4.90 Å². The molecular formula is C15H22N2O3. The minimum Gasteiger partial charge on any atom is -0.494 e. The van der Waals surface area contributed by atoms with Gasteiger partial charge in [-0.25, -0.2) is 0 Å². The number of aliphatic hydroxyl groups excluding tert-OH is 1. The van der Waals surface area contributed by atoms with Crippen LogP contribution in [-0.2, 0) is 4.79 Å². The van der Waals surface area contributed by atoms with Crippen molar-refractivity contribution < 1.29 is 14.6 Å². The zero-order chi connectivity index (χ0) is 14.8. The molecule has 0 saturated heterocycles. The molecule has 0 aliphatic heterocycles. The highest BCUT2D eigenvalue weighted by molar-refractivity contribution is 5.92. The minimum absolute atomic E-state index is 0.0180. The van der Waals surface area contributed by atoms with Gasteiger partial charge in [-0.2, -0.15) is 0 Å². The van der Waals surface area contributed by atoms with Crippen LogP contribution in [0.25, 0.3) is 0 Å². The molecule has 0 unspecified atom stereocenters. The van der Waals surface area contributed by atoms with E-state index in [2.05, 4.69) is 11.9 Å². The monoisotopic (exact) mass is 278 g/mol. The van der Waals surface area contributed by atoms with E-state index in [1.165, 1.54) is 0 Å². The van der Waals surface area contributed by atoms with Crippen molar-refractivity contribution in [2.75, 3.05) is 38.2 Å². The first-order chi connectivity index (χ1) is 9.69. The van der Waals surface area contributed by atoms with Crippen LogP contribution in [-0.4, -0.2) is 48.8 Å². The van der Waals surface area contributed by atoms with Gasteiger partial charge in [0.25, 0.3) is 0 Å². The zero-order valence-electron chi connectivity index (χ0n) is 11.8. The van der Waals surface area contributed by atoms with Gasteiger partial charge in [-0.15, -0.1) is 6.58 Å². The lowest BCUT2D eigenvalue weighted by Gasteiger charge is -2.18. The Bertz CT molecular complexity index is 418. The van der Waals surface area contributed by atoms with Crippen molar-refractivity contribution >= 4 is 11.6 Å². The molecule has 0 aromatic heterocycles. The van der Waals surface area contributed by atoms with Crippen LogP contribution < -0.4 is 10.1 Å². The number of anilines is 1. The van der Waals surface area contributed by atoms with Crippen LogP contribution in [0.2, 0.25) is 0 Å². The quantitative estimate of drug-likeness (QED) is 0.672. The first kappa shape index (κ1) is 16.2. The SMILES string of the molecule is C=CCN(CCO)CC(=O)Nc1ccc(OCC)cc1. The number of hydrogen-bond donors (Lipinski definition) is 2. The number of rotatable bonds is 9. The number of ether oxygens (including phenoxy) is 1. The van der Waals surface area contributed by atoms with Gasteiger partial charge >= 0.3 is 0 Å². The fourth-order valence-electron chi connectivity index (χ4n) is 1.76. The van der Waals surface area contributed by atoms with Crippen LogP contribution in [0.4, 0.5) is 5.69 Å². The van der Waals surface area contributed by atoms with Crippen LogP contribution in [0.1, 0.15) is 6.92 Å². The Morgan fingerprint density at radius 3 is 2.70 bits per heavy atom. The minimum atomic E-state index is -0.121. The third-order valence-electron chi connectivity index (χ3n) is 2.62. The van der Waals surface area contributed by atoms with E-state index >= 15 is 0 Å². The second-order valence-corrected chi connectivity index (χ2v) is 4.25. The Labute approximate surface area is 119 Å². The maximum absolute atomic E-state index is 11.9. The average molecular weight is 278 g/mol. The molecule has 20 heavy (non-hydrogen) atoms. The Morgan fingerprint density at radius 1 is 1.45 bits per heavy atom. The molecular weight excluding hydrogens is 256 g/mol. The molecule has 0 atom stereocenters. The van der Waals surface area contributed by atoms with Crippen molar-refractivity contribution in [2.24, 2.45) is 0 Å². The maximum atomic E-state index is 11.9. The Hall–Kier alpha value is -1.85. The maximum Gasteiger partial charge on any atom is 0.238 e. The van der Waals surface area contributed by atoms with E-state index < -0.39 is 0 Å². The van der Waals surface area contributed by atoms with Crippen molar-refractivity contribution in [1.29, 1.82) is 0 Å². The van der Waals surface area contributed by atoms with E-state index in [1.54, 1.807) is 18.2 Å². The molecule has 0 fully saturated rings. The van der Waals surface area contributed by atoms with E-state index in [0.29, 0.717) is 19.7 Å². The molecule has 110 valence electrons. The summed E-state index contributed by atoms with van der Waals surface area (Å²) in [4.78, 5) is 13.7. The lowest BCUT2D eigenvalue weighted by Crippen LogP contribution is -2.35. The van der Waals surface area contributed by atoms with Gasteiger partial charge in [0, 0.05) is 18.8 Å². The second-order valence-electron chi connectivity index (χ2n) is 4.25. The summed E-state index contributed by atoms with van der Waals surface area (Å²) >= 11 is 0. The summed E-state index contributed by atoms with van der Waals surface area (Å²) in [5.74, 6) is 0.656. The number of amides is 1. The third kappa shape index (κ3) is 5.86. The van der Waals surface area contributed by atoms with Gasteiger partial charge in [-0.1, -0.05) is 6.08 Å². The number of hydrogen-bond acceptors (Lipinski definition) is 4. The van der Waals surface area contributed by atoms with Gasteiger partial charge in [-0.3, -0.25) is 9.69 Å². The molecule has 0 heterocycles. The van der Waals surface area contributed by atoms with Gasteiger partial charge in [0.1, 0.15) is 5.75 Å². The Kier molecular flexibility index (Phi) is 7.39. The molecule has 1 rings (SSSR count). The summed E-state index contributed by atoms with van der Waals surface area (Å²) < 4.78 is 5.33. The molecule has 0 saturated carbocycles. The number of nitrogens with zero attached hydrogens (tertiary/aromatic N) is 1. The molecule has 1 aromatic rings. The summed E-state index contributed by atoms with van der Waals surface area (Å²) in [5, 5.41) is 11.7. The van der Waals surface area contributed by atoms with Crippen molar-refractivity contribution in [2.45, 2.75) is 6.92 Å². The first-order valence-corrected chi connectivity index (χ1v) is 6.66. The van der Waals surface area contributed by atoms with E-state index in [4.69, 9.17) is 9.84 Å². The third-order valence-corrected chi connectivity index (χ3v) is 2.62. The summed E-state index contributed by atoms with van der Waals surface area (Å²) in [6, 6.07) is 7.22.